The van der Waals surface area contributed by atoms with Gasteiger partial charge in [-0.1, -0.05) is 152 Å². The Kier molecular flexibility index (Phi) is 6.48. The van der Waals surface area contributed by atoms with Crippen molar-refractivity contribution in [3.8, 4) is 33.4 Å². The first-order valence-electron chi connectivity index (χ1n) is 18.5. The molecule has 0 fully saturated rings. The van der Waals surface area contributed by atoms with Gasteiger partial charge < -0.3 is 0 Å². The summed E-state index contributed by atoms with van der Waals surface area (Å²) in [5.41, 5.74) is 7.67. The molecule has 0 amide bonds. The molecule has 0 aliphatic carbocycles. The summed E-state index contributed by atoms with van der Waals surface area (Å²) in [5, 5.41) is 15.6. The Hall–Kier alpha value is -6.32. The normalized spacial score (nSPS) is 12.1. The summed E-state index contributed by atoms with van der Waals surface area (Å²) in [5.74, 6) is 0. The maximum absolute atomic E-state index is 2.43. The fourth-order valence-electron chi connectivity index (χ4n) is 8.93. The maximum atomic E-state index is 2.43. The number of hydrogen-bond donors (Lipinski definition) is 0. The molecule has 0 radical (unpaired) electrons. The molecule has 0 unspecified atom stereocenters. The average molecular weight is 719 g/mol. The van der Waals surface area contributed by atoms with E-state index in [-0.39, 0.29) is 0 Å². The second-order valence-electron chi connectivity index (χ2n) is 14.4. The molecule has 2 heteroatoms. The minimum atomic E-state index is 1.26. The minimum absolute atomic E-state index is 1.26. The van der Waals surface area contributed by atoms with Crippen LogP contribution in [0.15, 0.2) is 182 Å². The van der Waals surface area contributed by atoms with Gasteiger partial charge in [0.05, 0.1) is 0 Å². The molecule has 0 spiro atoms. The Labute approximate surface area is 319 Å². The number of benzene rings is 10. The quantitative estimate of drug-likeness (QED) is 0.160. The van der Waals surface area contributed by atoms with Crippen molar-refractivity contribution in [3.05, 3.63) is 182 Å². The second kappa shape index (κ2) is 11.6. The fourth-order valence-corrected chi connectivity index (χ4v) is 11.3. The van der Waals surface area contributed by atoms with Crippen LogP contribution >= 0.6 is 22.7 Å². The summed E-state index contributed by atoms with van der Waals surface area (Å²) in [6.07, 6.45) is 0. The highest BCUT2D eigenvalue weighted by Crippen LogP contribution is 2.47. The number of hydrogen-bond acceptors (Lipinski definition) is 2. The molecule has 0 atom stereocenters. The van der Waals surface area contributed by atoms with E-state index in [0.29, 0.717) is 0 Å². The van der Waals surface area contributed by atoms with E-state index in [0.717, 1.165) is 0 Å². The van der Waals surface area contributed by atoms with Gasteiger partial charge in [0.25, 0.3) is 0 Å². The van der Waals surface area contributed by atoms with Crippen LogP contribution in [-0.4, -0.2) is 0 Å². The van der Waals surface area contributed by atoms with Crippen molar-refractivity contribution in [1.29, 1.82) is 0 Å². The Morgan fingerprint density at radius 1 is 0.241 bits per heavy atom. The summed E-state index contributed by atoms with van der Waals surface area (Å²) in [4.78, 5) is 0. The van der Waals surface area contributed by atoms with Gasteiger partial charge in [-0.2, -0.15) is 0 Å². The number of rotatable bonds is 3. The Bertz CT molecular complexity index is 3440. The first-order chi connectivity index (χ1) is 26.7. The lowest BCUT2D eigenvalue weighted by atomic mass is 9.84. The molecule has 0 saturated carbocycles. The molecule has 0 aliphatic heterocycles. The van der Waals surface area contributed by atoms with Gasteiger partial charge in [0.15, 0.2) is 0 Å². The van der Waals surface area contributed by atoms with E-state index in [9.17, 15) is 0 Å². The van der Waals surface area contributed by atoms with E-state index in [1.54, 1.807) is 0 Å². The van der Waals surface area contributed by atoms with Crippen LogP contribution < -0.4 is 0 Å². The predicted octanol–water partition coefficient (Wildman–Crippen LogP) is 16.0. The number of fused-ring (bicyclic) bond motifs is 10. The molecule has 12 aromatic rings. The summed E-state index contributed by atoms with van der Waals surface area (Å²) in [6, 6.07) is 67.9. The lowest BCUT2D eigenvalue weighted by Gasteiger charge is -2.18. The van der Waals surface area contributed by atoms with Gasteiger partial charge in [-0.05, 0) is 107 Å². The molecule has 250 valence electrons. The highest BCUT2D eigenvalue weighted by Gasteiger charge is 2.19. The van der Waals surface area contributed by atoms with Gasteiger partial charge in [0.1, 0.15) is 0 Å². The average Bonchev–Trinajstić information content (AvgIpc) is 3.78. The van der Waals surface area contributed by atoms with Crippen molar-refractivity contribution in [1.82, 2.24) is 0 Å². The van der Waals surface area contributed by atoms with Crippen LogP contribution in [0.4, 0.5) is 0 Å². The molecule has 54 heavy (non-hydrogen) atoms. The van der Waals surface area contributed by atoms with Crippen LogP contribution in [0.25, 0.3) is 117 Å². The zero-order chi connectivity index (χ0) is 35.3. The molecule has 0 nitrogen and oxygen atoms in total. The largest absolute Gasteiger partial charge is 0.135 e. The summed E-state index contributed by atoms with van der Waals surface area (Å²) < 4.78 is 5.33. The van der Waals surface area contributed by atoms with Crippen molar-refractivity contribution in [3.63, 3.8) is 0 Å². The van der Waals surface area contributed by atoms with E-state index >= 15 is 0 Å². The Morgan fingerprint density at radius 2 is 0.667 bits per heavy atom. The van der Waals surface area contributed by atoms with E-state index in [4.69, 9.17) is 0 Å². The summed E-state index contributed by atoms with van der Waals surface area (Å²) in [6.45, 7) is 0. The third kappa shape index (κ3) is 4.48. The molecular formula is C52H30S2. The van der Waals surface area contributed by atoms with Crippen molar-refractivity contribution in [2.24, 2.45) is 0 Å². The van der Waals surface area contributed by atoms with Crippen molar-refractivity contribution >= 4 is 106 Å². The molecule has 0 bridgehead atoms. The molecular weight excluding hydrogens is 689 g/mol. The smallest absolute Gasteiger partial charge is 0.0361 e. The zero-order valence-corrected chi connectivity index (χ0v) is 30.8. The molecule has 2 heterocycles. The molecule has 0 N–H and O–H groups in total. The third-order valence-electron chi connectivity index (χ3n) is 11.4. The van der Waals surface area contributed by atoms with Crippen LogP contribution in [-0.2, 0) is 0 Å². The van der Waals surface area contributed by atoms with E-state index in [2.05, 4.69) is 182 Å². The topological polar surface area (TPSA) is 0 Å². The first kappa shape index (κ1) is 30.2. The monoisotopic (exact) mass is 718 g/mol. The lowest BCUT2D eigenvalue weighted by Crippen LogP contribution is -1.91. The Balaban J connectivity index is 1.01. The highest BCUT2D eigenvalue weighted by molar-refractivity contribution is 7.26. The van der Waals surface area contributed by atoms with Crippen LogP contribution in [0.1, 0.15) is 0 Å². The van der Waals surface area contributed by atoms with Gasteiger partial charge >= 0.3 is 0 Å². The standard InChI is InChI=1S/C52H30S2/c1-2-12-33-27-50-46(26-32(33)11-1)40-24-21-35(29-48(40)54-50)34-20-23-38-39-25-22-36(30-49(39)53-47(38)28-34)51-42-15-5-7-17-44(42)52(45-18-8-6-16-43(45)51)41-19-9-13-31-10-3-4-14-37(31)41/h1-30H. The van der Waals surface area contributed by atoms with Crippen molar-refractivity contribution < 1.29 is 0 Å². The summed E-state index contributed by atoms with van der Waals surface area (Å²) in [7, 11) is 0. The van der Waals surface area contributed by atoms with E-state index in [1.165, 1.54) is 117 Å². The lowest BCUT2D eigenvalue weighted by molar-refractivity contribution is 1.69. The summed E-state index contributed by atoms with van der Waals surface area (Å²) >= 11 is 3.80. The first-order valence-corrected chi connectivity index (χ1v) is 20.1. The molecule has 12 rings (SSSR count). The van der Waals surface area contributed by atoms with Gasteiger partial charge in [0.2, 0.25) is 0 Å². The fraction of sp³-hybridized carbons (Fsp3) is 0. The van der Waals surface area contributed by atoms with Gasteiger partial charge in [0, 0.05) is 40.3 Å². The van der Waals surface area contributed by atoms with Crippen LogP contribution in [0.2, 0.25) is 0 Å². The third-order valence-corrected chi connectivity index (χ3v) is 13.7. The van der Waals surface area contributed by atoms with Gasteiger partial charge in [-0.3, -0.25) is 0 Å². The molecule has 0 saturated heterocycles. The minimum Gasteiger partial charge on any atom is -0.135 e. The van der Waals surface area contributed by atoms with E-state index in [1.807, 2.05) is 22.7 Å². The molecule has 10 aromatic carbocycles. The van der Waals surface area contributed by atoms with Crippen molar-refractivity contribution in [2.75, 3.05) is 0 Å². The molecule has 2 aromatic heterocycles. The highest BCUT2D eigenvalue weighted by atomic mass is 32.1. The van der Waals surface area contributed by atoms with Crippen LogP contribution in [0, 0.1) is 0 Å². The van der Waals surface area contributed by atoms with Gasteiger partial charge in [-0.25, -0.2) is 0 Å². The van der Waals surface area contributed by atoms with E-state index < -0.39 is 0 Å². The predicted molar refractivity (Wildman–Crippen MR) is 239 cm³/mol. The van der Waals surface area contributed by atoms with Gasteiger partial charge in [-0.15, -0.1) is 22.7 Å². The zero-order valence-electron chi connectivity index (χ0n) is 29.1. The maximum Gasteiger partial charge on any atom is 0.0361 e. The molecule has 0 aliphatic rings. The number of thiophene rings is 2. The Morgan fingerprint density at radius 3 is 1.28 bits per heavy atom. The van der Waals surface area contributed by atoms with Crippen molar-refractivity contribution in [2.45, 2.75) is 0 Å². The SMILES string of the molecule is c1ccc2cc3c(cc2c1)sc1cc(-c2ccc4c(c2)sc2cc(-c5c6ccccc6c(-c6cccc7ccccc67)c6ccccc56)ccc24)ccc13. The second-order valence-corrected chi connectivity index (χ2v) is 16.6. The van der Waals surface area contributed by atoms with Crippen LogP contribution in [0.3, 0.4) is 0 Å². The van der Waals surface area contributed by atoms with Crippen LogP contribution in [0.5, 0.6) is 0 Å².